The van der Waals surface area contributed by atoms with Gasteiger partial charge in [0.1, 0.15) is 5.75 Å². The van der Waals surface area contributed by atoms with Gasteiger partial charge in [0.15, 0.2) is 0 Å². The second-order valence-electron chi connectivity index (χ2n) is 6.01. The highest BCUT2D eigenvalue weighted by atomic mass is 35.5. The van der Waals surface area contributed by atoms with Crippen molar-refractivity contribution in [3.8, 4) is 5.75 Å². The second-order valence-corrected chi connectivity index (χ2v) is 6.42. The van der Waals surface area contributed by atoms with Crippen molar-refractivity contribution in [2.24, 2.45) is 11.8 Å². The molecule has 3 nitrogen and oxygen atoms in total. The number of phenolic OH excluding ortho intramolecular Hbond substituents is 1. The Hall–Kier alpha value is -1.22. The van der Waals surface area contributed by atoms with E-state index in [2.05, 4.69) is 0 Å². The molecule has 4 heteroatoms. The first-order valence-corrected chi connectivity index (χ1v) is 7.81. The molecule has 0 spiro atoms. The highest BCUT2D eigenvalue weighted by molar-refractivity contribution is 6.33. The number of fused-ring (bicyclic) bond motifs is 1. The Kier molecular flexibility index (Phi) is 3.88. The zero-order chi connectivity index (χ0) is 14.1. The highest BCUT2D eigenvalue weighted by Gasteiger charge is 2.33. The molecule has 0 aromatic heterocycles. The van der Waals surface area contributed by atoms with Crippen LogP contribution in [0.25, 0.3) is 0 Å². The molecule has 1 aliphatic heterocycles. The summed E-state index contributed by atoms with van der Waals surface area (Å²) in [5.41, 5.74) is 0.418. The Morgan fingerprint density at radius 3 is 2.75 bits per heavy atom. The summed E-state index contributed by atoms with van der Waals surface area (Å²) in [5, 5.41) is 9.96. The van der Waals surface area contributed by atoms with Gasteiger partial charge < -0.3 is 10.0 Å². The third-order valence-corrected chi connectivity index (χ3v) is 5.09. The number of hydrogen-bond acceptors (Lipinski definition) is 2. The molecule has 1 aliphatic carbocycles. The Labute approximate surface area is 124 Å². The van der Waals surface area contributed by atoms with Gasteiger partial charge in [-0.15, -0.1) is 0 Å². The molecule has 20 heavy (non-hydrogen) atoms. The number of likely N-dealkylation sites (tertiary alicyclic amines) is 1. The van der Waals surface area contributed by atoms with Gasteiger partial charge in [-0.05, 0) is 42.9 Å². The van der Waals surface area contributed by atoms with Crippen molar-refractivity contribution in [3.63, 3.8) is 0 Å². The molecule has 1 aromatic rings. The third-order valence-electron chi connectivity index (χ3n) is 4.76. The van der Waals surface area contributed by atoms with E-state index in [1.807, 2.05) is 4.90 Å². The minimum Gasteiger partial charge on any atom is -0.508 e. The van der Waals surface area contributed by atoms with Crippen LogP contribution in [-0.4, -0.2) is 29.0 Å². The van der Waals surface area contributed by atoms with Crippen LogP contribution in [0.5, 0.6) is 5.75 Å². The topological polar surface area (TPSA) is 40.5 Å². The van der Waals surface area contributed by atoms with Crippen molar-refractivity contribution in [1.82, 2.24) is 4.90 Å². The van der Waals surface area contributed by atoms with Crippen LogP contribution in [0, 0.1) is 11.8 Å². The van der Waals surface area contributed by atoms with Gasteiger partial charge in [-0.3, -0.25) is 4.79 Å². The van der Waals surface area contributed by atoms with E-state index in [-0.39, 0.29) is 11.7 Å². The summed E-state index contributed by atoms with van der Waals surface area (Å²) in [5.74, 6) is 1.49. The maximum absolute atomic E-state index is 12.6. The molecule has 2 fully saturated rings. The Morgan fingerprint density at radius 2 is 1.95 bits per heavy atom. The number of piperidine rings is 1. The second kappa shape index (κ2) is 5.65. The molecule has 2 unspecified atom stereocenters. The van der Waals surface area contributed by atoms with Gasteiger partial charge >= 0.3 is 0 Å². The molecule has 1 N–H and O–H groups in total. The maximum Gasteiger partial charge on any atom is 0.255 e. The molecule has 1 saturated carbocycles. The number of carbonyl (C=O) groups is 1. The maximum atomic E-state index is 12.6. The average Bonchev–Trinajstić information content (AvgIpc) is 2.48. The van der Waals surface area contributed by atoms with Crippen LogP contribution >= 0.6 is 11.6 Å². The number of phenols is 1. The van der Waals surface area contributed by atoms with Crippen molar-refractivity contribution in [2.45, 2.75) is 32.1 Å². The zero-order valence-corrected chi connectivity index (χ0v) is 12.3. The first kappa shape index (κ1) is 13.7. The smallest absolute Gasteiger partial charge is 0.255 e. The first-order valence-electron chi connectivity index (χ1n) is 7.43. The van der Waals surface area contributed by atoms with Gasteiger partial charge in [-0.2, -0.15) is 0 Å². The van der Waals surface area contributed by atoms with Crippen molar-refractivity contribution in [1.29, 1.82) is 0 Å². The number of benzene rings is 1. The van der Waals surface area contributed by atoms with Crippen molar-refractivity contribution in [2.75, 3.05) is 13.1 Å². The lowest BCUT2D eigenvalue weighted by molar-refractivity contribution is 0.0520. The molecule has 2 atom stereocenters. The summed E-state index contributed by atoms with van der Waals surface area (Å²) in [4.78, 5) is 14.5. The lowest BCUT2D eigenvalue weighted by Crippen LogP contribution is -2.44. The monoisotopic (exact) mass is 293 g/mol. The van der Waals surface area contributed by atoms with Gasteiger partial charge in [0.05, 0.1) is 10.6 Å². The van der Waals surface area contributed by atoms with Crippen LogP contribution in [0.15, 0.2) is 18.2 Å². The molecule has 1 saturated heterocycles. The van der Waals surface area contributed by atoms with E-state index in [0.717, 1.165) is 25.4 Å². The standard InChI is InChI=1S/C16H20ClNO2/c17-15-6-5-13(19)9-14(15)16(20)18-8-7-11-3-1-2-4-12(11)10-18/h5-6,9,11-12,19H,1-4,7-8,10H2. The summed E-state index contributed by atoms with van der Waals surface area (Å²) >= 11 is 6.09. The van der Waals surface area contributed by atoms with E-state index >= 15 is 0 Å². The number of nitrogens with zero attached hydrogens (tertiary/aromatic N) is 1. The van der Waals surface area contributed by atoms with Crippen LogP contribution in [0.2, 0.25) is 5.02 Å². The predicted molar refractivity (Wildman–Crippen MR) is 79.1 cm³/mol. The molecule has 0 radical (unpaired) electrons. The highest BCUT2D eigenvalue weighted by Crippen LogP contribution is 2.36. The van der Waals surface area contributed by atoms with Crippen LogP contribution in [-0.2, 0) is 0 Å². The van der Waals surface area contributed by atoms with E-state index in [1.165, 1.54) is 37.8 Å². The van der Waals surface area contributed by atoms with Gasteiger partial charge in [-0.25, -0.2) is 0 Å². The fraction of sp³-hybridized carbons (Fsp3) is 0.562. The summed E-state index contributed by atoms with van der Waals surface area (Å²) in [6, 6.07) is 4.56. The minimum atomic E-state index is -0.0464. The SMILES string of the molecule is O=C(c1cc(O)ccc1Cl)N1CCC2CCCCC2C1. The lowest BCUT2D eigenvalue weighted by atomic mass is 9.75. The van der Waals surface area contributed by atoms with Crippen molar-refractivity contribution < 1.29 is 9.90 Å². The molecule has 1 aromatic carbocycles. The number of hydrogen-bond donors (Lipinski definition) is 1. The molecule has 2 aliphatic rings. The van der Waals surface area contributed by atoms with E-state index < -0.39 is 0 Å². The van der Waals surface area contributed by atoms with E-state index in [1.54, 1.807) is 6.07 Å². The van der Waals surface area contributed by atoms with E-state index in [4.69, 9.17) is 11.6 Å². The summed E-state index contributed by atoms with van der Waals surface area (Å²) in [7, 11) is 0. The first-order chi connectivity index (χ1) is 9.65. The number of amides is 1. The van der Waals surface area contributed by atoms with Gasteiger partial charge in [0.25, 0.3) is 5.91 Å². The van der Waals surface area contributed by atoms with Crippen LogP contribution in [0.1, 0.15) is 42.5 Å². The number of aromatic hydroxyl groups is 1. The molecular formula is C16H20ClNO2. The Balaban J connectivity index is 1.76. The third kappa shape index (κ3) is 2.64. The molecular weight excluding hydrogens is 274 g/mol. The summed E-state index contributed by atoms with van der Waals surface area (Å²) in [6.45, 7) is 1.65. The number of carbonyl (C=O) groups excluding carboxylic acids is 1. The number of halogens is 1. The Morgan fingerprint density at radius 1 is 1.20 bits per heavy atom. The van der Waals surface area contributed by atoms with Crippen LogP contribution < -0.4 is 0 Å². The number of rotatable bonds is 1. The lowest BCUT2D eigenvalue weighted by Gasteiger charge is -2.41. The fourth-order valence-electron chi connectivity index (χ4n) is 3.63. The van der Waals surface area contributed by atoms with E-state index in [0.29, 0.717) is 16.5 Å². The Bertz CT molecular complexity index is 517. The van der Waals surface area contributed by atoms with Crippen molar-refractivity contribution >= 4 is 17.5 Å². The van der Waals surface area contributed by atoms with E-state index in [9.17, 15) is 9.90 Å². The zero-order valence-electron chi connectivity index (χ0n) is 11.5. The van der Waals surface area contributed by atoms with Crippen molar-refractivity contribution in [3.05, 3.63) is 28.8 Å². The van der Waals surface area contributed by atoms with Gasteiger partial charge in [0.2, 0.25) is 0 Å². The molecule has 3 rings (SSSR count). The summed E-state index contributed by atoms with van der Waals surface area (Å²) < 4.78 is 0. The molecule has 1 heterocycles. The normalized spacial score (nSPS) is 26.1. The predicted octanol–water partition coefficient (Wildman–Crippen LogP) is 3.70. The van der Waals surface area contributed by atoms with Crippen LogP contribution in [0.4, 0.5) is 0 Å². The van der Waals surface area contributed by atoms with Gasteiger partial charge in [-0.1, -0.05) is 30.9 Å². The molecule has 1 amide bonds. The van der Waals surface area contributed by atoms with Gasteiger partial charge in [0, 0.05) is 13.1 Å². The average molecular weight is 294 g/mol. The molecule has 0 bridgehead atoms. The molecule has 108 valence electrons. The minimum absolute atomic E-state index is 0.0464. The largest absolute Gasteiger partial charge is 0.508 e. The van der Waals surface area contributed by atoms with Crippen LogP contribution in [0.3, 0.4) is 0 Å². The summed E-state index contributed by atoms with van der Waals surface area (Å²) in [6.07, 6.45) is 6.29. The fourth-order valence-corrected chi connectivity index (χ4v) is 3.83. The quantitative estimate of drug-likeness (QED) is 0.858.